The summed E-state index contributed by atoms with van der Waals surface area (Å²) in [5.41, 5.74) is 5.60. The standard InChI is InChI=1S/C12H17N3O3S/c1-2-18-12(17)9(13)7-19-8-11(16)15-10-5-3-4-6-14-10/h3-6,9H,2,7-8,13H2,1H3,(H,14,15,16)/t9-/m0/s1. The maximum atomic E-state index is 11.6. The van der Waals surface area contributed by atoms with E-state index in [2.05, 4.69) is 10.3 Å². The zero-order chi connectivity index (χ0) is 14.1. The van der Waals surface area contributed by atoms with Crippen molar-refractivity contribution >= 4 is 29.5 Å². The summed E-state index contributed by atoms with van der Waals surface area (Å²) >= 11 is 1.28. The van der Waals surface area contributed by atoms with Gasteiger partial charge in [0.05, 0.1) is 12.4 Å². The third-order valence-corrected chi connectivity index (χ3v) is 3.11. The molecule has 0 aliphatic heterocycles. The van der Waals surface area contributed by atoms with E-state index in [1.54, 1.807) is 31.3 Å². The van der Waals surface area contributed by atoms with Gasteiger partial charge in [0, 0.05) is 11.9 Å². The number of hydrogen-bond donors (Lipinski definition) is 2. The number of esters is 1. The minimum atomic E-state index is -0.701. The predicted molar refractivity (Wildman–Crippen MR) is 74.8 cm³/mol. The van der Waals surface area contributed by atoms with Crippen molar-refractivity contribution in [3.63, 3.8) is 0 Å². The number of carbonyl (C=O) groups excluding carboxylic acids is 2. The lowest BCUT2D eigenvalue weighted by molar-refractivity contribution is -0.144. The molecule has 1 rings (SSSR count). The number of nitrogens with one attached hydrogen (secondary N) is 1. The highest BCUT2D eigenvalue weighted by Crippen LogP contribution is 2.05. The summed E-state index contributed by atoms with van der Waals surface area (Å²) in [6.45, 7) is 2.02. The highest BCUT2D eigenvalue weighted by molar-refractivity contribution is 8.00. The SMILES string of the molecule is CCOC(=O)[C@@H](N)CSCC(=O)Nc1ccccn1. The van der Waals surface area contributed by atoms with Crippen LogP contribution in [0.1, 0.15) is 6.92 Å². The van der Waals surface area contributed by atoms with Gasteiger partial charge in [-0.3, -0.25) is 9.59 Å². The van der Waals surface area contributed by atoms with Crippen molar-refractivity contribution in [1.82, 2.24) is 4.98 Å². The molecule has 0 saturated carbocycles. The van der Waals surface area contributed by atoms with Gasteiger partial charge >= 0.3 is 5.97 Å². The van der Waals surface area contributed by atoms with Crippen molar-refractivity contribution in [3.05, 3.63) is 24.4 Å². The van der Waals surface area contributed by atoms with Crippen LogP contribution >= 0.6 is 11.8 Å². The fourth-order valence-electron chi connectivity index (χ4n) is 1.21. The Bertz CT molecular complexity index is 414. The van der Waals surface area contributed by atoms with Crippen LogP contribution in [0.4, 0.5) is 5.82 Å². The van der Waals surface area contributed by atoms with Crippen molar-refractivity contribution in [2.45, 2.75) is 13.0 Å². The van der Waals surface area contributed by atoms with Gasteiger partial charge in [-0.1, -0.05) is 6.07 Å². The number of thioether (sulfide) groups is 1. The molecule has 0 fully saturated rings. The number of rotatable bonds is 7. The lowest BCUT2D eigenvalue weighted by atomic mass is 10.4. The molecule has 0 radical (unpaired) electrons. The van der Waals surface area contributed by atoms with Gasteiger partial charge in [-0.05, 0) is 19.1 Å². The van der Waals surface area contributed by atoms with Crippen LogP contribution in [0.15, 0.2) is 24.4 Å². The summed E-state index contributed by atoms with van der Waals surface area (Å²) in [7, 11) is 0. The van der Waals surface area contributed by atoms with Crippen molar-refractivity contribution in [2.24, 2.45) is 5.73 Å². The second kappa shape index (κ2) is 8.49. The summed E-state index contributed by atoms with van der Waals surface area (Å²) in [5, 5.41) is 2.64. The lowest BCUT2D eigenvalue weighted by Crippen LogP contribution is -2.35. The van der Waals surface area contributed by atoms with Crippen LogP contribution in [0, 0.1) is 0 Å². The Morgan fingerprint density at radius 2 is 2.32 bits per heavy atom. The Kier molecular flexibility index (Phi) is 6.91. The molecule has 0 unspecified atom stereocenters. The number of nitrogens with two attached hydrogens (primary N) is 1. The average molecular weight is 283 g/mol. The fourth-order valence-corrected chi connectivity index (χ4v) is 1.98. The number of aromatic nitrogens is 1. The minimum absolute atomic E-state index is 0.181. The molecule has 1 amide bonds. The second-order valence-corrected chi connectivity index (χ2v) is 4.67. The van der Waals surface area contributed by atoms with Crippen LogP contribution in [0.5, 0.6) is 0 Å². The van der Waals surface area contributed by atoms with Crippen LogP contribution in [-0.4, -0.2) is 41.0 Å². The molecule has 104 valence electrons. The van der Waals surface area contributed by atoms with E-state index in [1.807, 2.05) is 0 Å². The van der Waals surface area contributed by atoms with E-state index in [-0.39, 0.29) is 11.7 Å². The van der Waals surface area contributed by atoms with Gasteiger partial charge < -0.3 is 15.8 Å². The molecule has 1 aromatic heterocycles. The van der Waals surface area contributed by atoms with Crippen LogP contribution < -0.4 is 11.1 Å². The van der Waals surface area contributed by atoms with E-state index in [1.165, 1.54) is 11.8 Å². The number of amides is 1. The summed E-state index contributed by atoms with van der Waals surface area (Å²) in [5.74, 6) is 0.431. The zero-order valence-electron chi connectivity index (χ0n) is 10.7. The largest absolute Gasteiger partial charge is 0.465 e. The Balaban J connectivity index is 2.22. The van der Waals surface area contributed by atoms with Crippen LogP contribution in [0.25, 0.3) is 0 Å². The lowest BCUT2D eigenvalue weighted by Gasteiger charge is -2.09. The Morgan fingerprint density at radius 1 is 1.53 bits per heavy atom. The first kappa shape index (κ1) is 15.5. The van der Waals surface area contributed by atoms with Crippen LogP contribution in [0.2, 0.25) is 0 Å². The Hall–Kier alpha value is -1.60. The highest BCUT2D eigenvalue weighted by Gasteiger charge is 2.15. The summed E-state index contributed by atoms with van der Waals surface area (Å²) in [6, 6.07) is 4.55. The van der Waals surface area contributed by atoms with Gasteiger partial charge in [0.15, 0.2) is 0 Å². The normalized spacial score (nSPS) is 11.7. The maximum Gasteiger partial charge on any atom is 0.323 e. The molecule has 1 heterocycles. The molecule has 0 aliphatic carbocycles. The van der Waals surface area contributed by atoms with Crippen molar-refractivity contribution in [1.29, 1.82) is 0 Å². The van der Waals surface area contributed by atoms with Gasteiger partial charge in [0.2, 0.25) is 5.91 Å². The van der Waals surface area contributed by atoms with E-state index in [0.29, 0.717) is 18.2 Å². The molecule has 0 spiro atoms. The molecule has 0 aromatic carbocycles. The van der Waals surface area contributed by atoms with Crippen LogP contribution in [-0.2, 0) is 14.3 Å². The van der Waals surface area contributed by atoms with Crippen molar-refractivity contribution < 1.29 is 14.3 Å². The number of hydrogen-bond acceptors (Lipinski definition) is 6. The number of nitrogens with zero attached hydrogens (tertiary/aromatic N) is 1. The number of carbonyl (C=O) groups is 2. The van der Waals surface area contributed by atoms with E-state index >= 15 is 0 Å². The van der Waals surface area contributed by atoms with Gasteiger partial charge in [-0.15, -0.1) is 11.8 Å². The summed E-state index contributed by atoms with van der Waals surface area (Å²) in [6.07, 6.45) is 1.60. The fraction of sp³-hybridized carbons (Fsp3) is 0.417. The summed E-state index contributed by atoms with van der Waals surface area (Å²) < 4.78 is 4.77. The number of ether oxygens (including phenoxy) is 1. The molecular weight excluding hydrogens is 266 g/mol. The van der Waals surface area contributed by atoms with E-state index in [9.17, 15) is 9.59 Å². The third kappa shape index (κ3) is 6.21. The average Bonchev–Trinajstić information content (AvgIpc) is 2.40. The predicted octanol–water partition coefficient (Wildman–Crippen LogP) is 0.644. The minimum Gasteiger partial charge on any atom is -0.465 e. The third-order valence-electron chi connectivity index (χ3n) is 2.05. The first-order chi connectivity index (χ1) is 9.13. The number of anilines is 1. The maximum absolute atomic E-state index is 11.6. The molecule has 1 aromatic rings. The Morgan fingerprint density at radius 3 is 2.95 bits per heavy atom. The molecule has 3 N–H and O–H groups in total. The second-order valence-electron chi connectivity index (χ2n) is 3.64. The van der Waals surface area contributed by atoms with Crippen molar-refractivity contribution in [3.8, 4) is 0 Å². The molecule has 19 heavy (non-hydrogen) atoms. The topological polar surface area (TPSA) is 94.3 Å². The molecule has 7 heteroatoms. The first-order valence-electron chi connectivity index (χ1n) is 5.84. The van der Waals surface area contributed by atoms with E-state index in [4.69, 9.17) is 10.5 Å². The van der Waals surface area contributed by atoms with Crippen LogP contribution in [0.3, 0.4) is 0 Å². The molecule has 6 nitrogen and oxygen atoms in total. The van der Waals surface area contributed by atoms with E-state index in [0.717, 1.165) is 0 Å². The number of pyridine rings is 1. The van der Waals surface area contributed by atoms with Gasteiger partial charge in [-0.2, -0.15) is 0 Å². The van der Waals surface area contributed by atoms with Crippen molar-refractivity contribution in [2.75, 3.05) is 23.4 Å². The molecular formula is C12H17N3O3S. The van der Waals surface area contributed by atoms with Gasteiger partial charge in [0.1, 0.15) is 11.9 Å². The van der Waals surface area contributed by atoms with Gasteiger partial charge in [-0.25, -0.2) is 4.98 Å². The highest BCUT2D eigenvalue weighted by atomic mass is 32.2. The van der Waals surface area contributed by atoms with E-state index < -0.39 is 12.0 Å². The molecule has 0 aliphatic rings. The monoisotopic (exact) mass is 283 g/mol. The molecule has 0 bridgehead atoms. The molecule has 0 saturated heterocycles. The quantitative estimate of drug-likeness (QED) is 0.713. The molecule has 1 atom stereocenters. The summed E-state index contributed by atoms with van der Waals surface area (Å²) in [4.78, 5) is 26.8. The smallest absolute Gasteiger partial charge is 0.323 e. The van der Waals surface area contributed by atoms with Gasteiger partial charge in [0.25, 0.3) is 0 Å². The zero-order valence-corrected chi connectivity index (χ0v) is 11.5. The Labute approximate surface area is 116 Å². The first-order valence-corrected chi connectivity index (χ1v) is 6.99.